The van der Waals surface area contributed by atoms with Crippen molar-refractivity contribution in [1.29, 1.82) is 0 Å². The summed E-state index contributed by atoms with van der Waals surface area (Å²) in [6, 6.07) is -1.20. The van der Waals surface area contributed by atoms with Gasteiger partial charge in [-0.3, -0.25) is 19.4 Å². The second kappa shape index (κ2) is 4.49. The Morgan fingerprint density at radius 2 is 1.95 bits per heavy atom. The van der Waals surface area contributed by atoms with Crippen LogP contribution >= 0.6 is 0 Å². The van der Waals surface area contributed by atoms with E-state index in [0.717, 1.165) is 16.3 Å². The maximum absolute atomic E-state index is 12.7. The van der Waals surface area contributed by atoms with E-state index in [0.29, 0.717) is 11.8 Å². The van der Waals surface area contributed by atoms with Crippen LogP contribution in [0.25, 0.3) is 0 Å². The Hall–Kier alpha value is -2.51. The number of imidazole rings is 1. The van der Waals surface area contributed by atoms with Gasteiger partial charge in [0.1, 0.15) is 17.2 Å². The standard InChI is InChI=1S/C14H18N5O3/c1-7(20)6-18-12(21)10-11(17(5)14(18)22)15-13-16(4)8(2)9(3)19(10)13/h10H,6H2,1-5H3/q+1. The fraction of sp³-hybridized carbons (Fsp3) is 0.500. The molecule has 1 fully saturated rings. The number of Topliss-reactive ketones (excluding diaryl/α,β-unsaturated/α-hetero) is 1. The van der Waals surface area contributed by atoms with Gasteiger partial charge in [-0.15, -0.1) is 0 Å². The Labute approximate surface area is 127 Å². The van der Waals surface area contributed by atoms with Crippen molar-refractivity contribution in [3.63, 3.8) is 0 Å². The van der Waals surface area contributed by atoms with Gasteiger partial charge in [-0.25, -0.2) is 13.9 Å². The number of hydrogen-bond acceptors (Lipinski definition) is 4. The predicted molar refractivity (Wildman–Crippen MR) is 76.8 cm³/mol. The van der Waals surface area contributed by atoms with Gasteiger partial charge in [0, 0.05) is 7.05 Å². The van der Waals surface area contributed by atoms with Gasteiger partial charge < -0.3 is 0 Å². The van der Waals surface area contributed by atoms with Gasteiger partial charge in [0.2, 0.25) is 11.9 Å². The largest absolute Gasteiger partial charge is 0.401 e. The van der Waals surface area contributed by atoms with Crippen molar-refractivity contribution in [2.45, 2.75) is 26.8 Å². The second-order valence-corrected chi connectivity index (χ2v) is 5.74. The first-order valence-electron chi connectivity index (χ1n) is 7.00. The summed E-state index contributed by atoms with van der Waals surface area (Å²) in [5.41, 5.74) is 1.92. The lowest BCUT2D eigenvalue weighted by molar-refractivity contribution is -0.663. The molecule has 8 heteroatoms. The third-order valence-electron chi connectivity index (χ3n) is 4.36. The van der Waals surface area contributed by atoms with Crippen LogP contribution in [0.5, 0.6) is 0 Å². The van der Waals surface area contributed by atoms with Crippen LogP contribution in [-0.4, -0.2) is 51.5 Å². The van der Waals surface area contributed by atoms with Crippen molar-refractivity contribution in [3.8, 4) is 0 Å². The summed E-state index contributed by atoms with van der Waals surface area (Å²) < 4.78 is 3.71. The molecule has 2 aliphatic heterocycles. The minimum absolute atomic E-state index is 0.216. The van der Waals surface area contributed by atoms with Gasteiger partial charge in [0.25, 0.3) is 5.91 Å². The van der Waals surface area contributed by atoms with Crippen molar-refractivity contribution < 1.29 is 19.0 Å². The number of aliphatic imine (C=N–C) groups is 1. The Morgan fingerprint density at radius 1 is 1.32 bits per heavy atom. The number of nitrogens with zero attached hydrogens (tertiary/aromatic N) is 5. The van der Waals surface area contributed by atoms with Crippen LogP contribution in [0.3, 0.4) is 0 Å². The van der Waals surface area contributed by atoms with Crippen LogP contribution in [-0.2, 0) is 16.6 Å². The first-order valence-corrected chi connectivity index (χ1v) is 7.00. The highest BCUT2D eigenvalue weighted by atomic mass is 16.2. The van der Waals surface area contributed by atoms with Gasteiger partial charge >= 0.3 is 12.0 Å². The molecular weight excluding hydrogens is 286 g/mol. The Morgan fingerprint density at radius 3 is 2.55 bits per heavy atom. The van der Waals surface area contributed by atoms with E-state index < -0.39 is 18.0 Å². The van der Waals surface area contributed by atoms with E-state index in [-0.39, 0.29) is 12.3 Å². The second-order valence-electron chi connectivity index (χ2n) is 5.74. The third-order valence-corrected chi connectivity index (χ3v) is 4.36. The van der Waals surface area contributed by atoms with Crippen LogP contribution in [0.1, 0.15) is 24.4 Å². The maximum Gasteiger partial charge on any atom is 0.401 e. The molecule has 0 bridgehead atoms. The normalized spacial score (nSPS) is 20.2. The molecule has 1 saturated heterocycles. The highest BCUT2D eigenvalue weighted by molar-refractivity contribution is 6.21. The van der Waals surface area contributed by atoms with Crippen LogP contribution in [0, 0.1) is 13.8 Å². The van der Waals surface area contributed by atoms with Crippen LogP contribution in [0.15, 0.2) is 4.99 Å². The highest BCUT2D eigenvalue weighted by Crippen LogP contribution is 2.34. The topological polar surface area (TPSA) is 78.9 Å². The van der Waals surface area contributed by atoms with E-state index in [1.165, 1.54) is 11.8 Å². The summed E-state index contributed by atoms with van der Waals surface area (Å²) in [7, 11) is 3.44. The Bertz CT molecular complexity index is 761. The van der Waals surface area contributed by atoms with Crippen molar-refractivity contribution in [2.24, 2.45) is 12.0 Å². The number of imide groups is 1. The van der Waals surface area contributed by atoms with Gasteiger partial charge in [-0.2, -0.15) is 0 Å². The van der Waals surface area contributed by atoms with E-state index in [1.807, 2.05) is 30.0 Å². The molecular formula is C14H18N5O3+. The summed E-state index contributed by atoms with van der Waals surface area (Å²) in [6.45, 7) is 5.00. The molecule has 0 spiro atoms. The molecule has 2 aliphatic rings. The molecule has 3 rings (SSSR count). The molecule has 3 amide bonds. The molecule has 1 unspecified atom stereocenters. The number of aromatic nitrogens is 2. The summed E-state index contributed by atoms with van der Waals surface area (Å²) in [6.07, 6.45) is 0. The van der Waals surface area contributed by atoms with Crippen LogP contribution in [0.2, 0.25) is 0 Å². The number of amidine groups is 1. The Kier molecular flexibility index (Phi) is 2.95. The van der Waals surface area contributed by atoms with Crippen molar-refractivity contribution in [2.75, 3.05) is 13.6 Å². The summed E-state index contributed by atoms with van der Waals surface area (Å²) in [5, 5.41) is 0. The fourth-order valence-electron chi connectivity index (χ4n) is 2.96. The maximum atomic E-state index is 12.7. The van der Waals surface area contributed by atoms with Crippen LogP contribution in [0.4, 0.5) is 10.7 Å². The van der Waals surface area contributed by atoms with Crippen LogP contribution < -0.4 is 4.57 Å². The van der Waals surface area contributed by atoms with E-state index in [2.05, 4.69) is 4.99 Å². The molecule has 8 nitrogen and oxygen atoms in total. The average molecular weight is 304 g/mol. The van der Waals surface area contributed by atoms with Crippen molar-refractivity contribution >= 4 is 29.5 Å². The molecule has 0 aromatic carbocycles. The van der Waals surface area contributed by atoms with E-state index >= 15 is 0 Å². The first kappa shape index (κ1) is 14.4. The lowest BCUT2D eigenvalue weighted by Gasteiger charge is -2.32. The molecule has 0 aliphatic carbocycles. The number of hydrogen-bond donors (Lipinski definition) is 0. The van der Waals surface area contributed by atoms with Gasteiger partial charge in [0.05, 0.1) is 13.6 Å². The molecule has 116 valence electrons. The average Bonchev–Trinajstić information content (AvgIpc) is 2.95. The fourth-order valence-corrected chi connectivity index (χ4v) is 2.96. The predicted octanol–water partition coefficient (Wildman–Crippen LogP) is -0.00286. The quantitative estimate of drug-likeness (QED) is 0.721. The molecule has 1 aromatic heterocycles. The smallest absolute Gasteiger partial charge is 0.298 e. The molecule has 0 radical (unpaired) electrons. The molecule has 1 aromatic rings. The van der Waals surface area contributed by atoms with E-state index in [4.69, 9.17) is 0 Å². The molecule has 0 N–H and O–H groups in total. The molecule has 22 heavy (non-hydrogen) atoms. The number of carbonyl (C=O) groups excluding carboxylic acids is 3. The third kappa shape index (κ3) is 1.66. The zero-order valence-corrected chi connectivity index (χ0v) is 13.2. The summed E-state index contributed by atoms with van der Waals surface area (Å²) in [4.78, 5) is 43.2. The van der Waals surface area contributed by atoms with Gasteiger partial charge in [0.15, 0.2) is 0 Å². The SMILES string of the molecule is CC(=O)CN1C(=O)C2C(=Nc3n2c(C)c(C)[n+]3C)N(C)C1=O. The van der Waals surface area contributed by atoms with E-state index in [9.17, 15) is 14.4 Å². The Balaban J connectivity index is 2.15. The lowest BCUT2D eigenvalue weighted by Crippen LogP contribution is -2.58. The molecule has 0 saturated carbocycles. The van der Waals surface area contributed by atoms with E-state index in [1.54, 1.807) is 7.05 Å². The lowest BCUT2D eigenvalue weighted by atomic mass is 10.1. The summed E-state index contributed by atoms with van der Waals surface area (Å²) >= 11 is 0. The van der Waals surface area contributed by atoms with Gasteiger partial charge in [-0.05, 0) is 20.8 Å². The molecule has 3 heterocycles. The minimum atomic E-state index is -0.683. The van der Waals surface area contributed by atoms with Crippen molar-refractivity contribution in [3.05, 3.63) is 11.4 Å². The number of amides is 3. The molecule has 1 atom stereocenters. The number of rotatable bonds is 2. The summed E-state index contributed by atoms with van der Waals surface area (Å²) in [5.74, 6) is 0.394. The monoisotopic (exact) mass is 304 g/mol. The number of carbonyl (C=O) groups is 3. The number of likely N-dealkylation sites (N-methyl/N-ethyl adjacent to an activating group) is 1. The zero-order valence-electron chi connectivity index (χ0n) is 13.2. The van der Waals surface area contributed by atoms with Gasteiger partial charge in [-0.1, -0.05) is 4.99 Å². The minimum Gasteiger partial charge on any atom is -0.298 e. The number of ketones is 1. The highest BCUT2D eigenvalue weighted by Gasteiger charge is 2.53. The number of fused-ring (bicyclic) bond motifs is 3. The number of urea groups is 1. The van der Waals surface area contributed by atoms with Crippen molar-refractivity contribution in [1.82, 2.24) is 14.4 Å². The first-order chi connectivity index (χ1) is 10.3. The zero-order chi connectivity index (χ0) is 16.3.